The summed E-state index contributed by atoms with van der Waals surface area (Å²) < 4.78 is 0. The summed E-state index contributed by atoms with van der Waals surface area (Å²) in [4.78, 5) is 36.6. The minimum absolute atomic E-state index is 0.133. The zero-order chi connectivity index (χ0) is 22.4. The molecule has 0 aromatic heterocycles. The van der Waals surface area contributed by atoms with Gasteiger partial charge in [0.2, 0.25) is 0 Å². The number of benzene rings is 3. The number of para-hydroxylation sites is 2. The fourth-order valence-electron chi connectivity index (χ4n) is 2.93. The van der Waals surface area contributed by atoms with Crippen molar-refractivity contribution in [3.63, 3.8) is 0 Å². The monoisotopic (exact) mass is 415 g/mol. The number of anilines is 2. The van der Waals surface area contributed by atoms with E-state index in [9.17, 15) is 19.7 Å². The van der Waals surface area contributed by atoms with Crippen molar-refractivity contribution in [1.82, 2.24) is 0 Å². The van der Waals surface area contributed by atoms with Gasteiger partial charge in [-0.25, -0.2) is 0 Å². The van der Waals surface area contributed by atoms with E-state index in [4.69, 9.17) is 0 Å². The molecule has 156 valence electrons. The molecule has 0 bridgehead atoms. The number of nitro groups is 1. The van der Waals surface area contributed by atoms with Crippen LogP contribution in [0.2, 0.25) is 0 Å². The summed E-state index contributed by atoms with van der Waals surface area (Å²) >= 11 is 0. The molecule has 0 aliphatic rings. The summed E-state index contributed by atoms with van der Waals surface area (Å²) in [6, 6.07) is 20.1. The Bertz CT molecular complexity index is 1120. The topological polar surface area (TPSA) is 101 Å². The lowest BCUT2D eigenvalue weighted by atomic mass is 10.1. The molecule has 0 atom stereocenters. The van der Waals surface area contributed by atoms with Gasteiger partial charge in [-0.1, -0.05) is 48.5 Å². The van der Waals surface area contributed by atoms with E-state index in [2.05, 4.69) is 10.6 Å². The quantitative estimate of drug-likeness (QED) is 0.197. The SMILES string of the molecule is Cc1ccccc1NC(=O)C(=Cc1cccc([N+](=O)[O-])c1)C(=O)Nc1ccccc1C. The van der Waals surface area contributed by atoms with Gasteiger partial charge >= 0.3 is 0 Å². The summed E-state index contributed by atoms with van der Waals surface area (Å²) in [5.74, 6) is -1.24. The van der Waals surface area contributed by atoms with E-state index in [0.29, 0.717) is 16.9 Å². The molecule has 7 heteroatoms. The summed E-state index contributed by atoms with van der Waals surface area (Å²) in [6.45, 7) is 3.68. The average molecular weight is 415 g/mol. The highest BCUT2D eigenvalue weighted by Crippen LogP contribution is 2.20. The van der Waals surface area contributed by atoms with Crippen LogP contribution in [-0.4, -0.2) is 16.7 Å². The molecule has 0 saturated carbocycles. The van der Waals surface area contributed by atoms with Gasteiger partial charge in [-0.15, -0.1) is 0 Å². The van der Waals surface area contributed by atoms with Crippen molar-refractivity contribution in [2.75, 3.05) is 10.6 Å². The lowest BCUT2D eigenvalue weighted by molar-refractivity contribution is -0.384. The Morgan fingerprint density at radius 2 is 1.32 bits per heavy atom. The average Bonchev–Trinajstić information content (AvgIpc) is 2.75. The van der Waals surface area contributed by atoms with E-state index < -0.39 is 16.7 Å². The Morgan fingerprint density at radius 1 is 0.806 bits per heavy atom. The Hall–Kier alpha value is -4.26. The van der Waals surface area contributed by atoms with E-state index in [-0.39, 0.29) is 11.3 Å². The first-order chi connectivity index (χ1) is 14.8. The first kappa shape index (κ1) is 21.4. The minimum atomic E-state index is -0.619. The molecule has 0 aliphatic carbocycles. The molecule has 0 radical (unpaired) electrons. The molecule has 0 saturated heterocycles. The smallest absolute Gasteiger partial charge is 0.270 e. The van der Waals surface area contributed by atoms with Gasteiger partial charge in [-0.05, 0) is 48.7 Å². The van der Waals surface area contributed by atoms with Crippen LogP contribution in [0.25, 0.3) is 6.08 Å². The normalized spacial score (nSPS) is 10.1. The molecule has 3 aromatic rings. The maximum Gasteiger partial charge on any atom is 0.270 e. The third kappa shape index (κ3) is 5.42. The lowest BCUT2D eigenvalue weighted by Gasteiger charge is -2.13. The maximum absolute atomic E-state index is 13.0. The van der Waals surface area contributed by atoms with E-state index in [1.807, 2.05) is 38.1 Å². The van der Waals surface area contributed by atoms with Gasteiger partial charge in [-0.3, -0.25) is 19.7 Å². The third-order valence-electron chi connectivity index (χ3n) is 4.67. The Morgan fingerprint density at radius 3 is 1.81 bits per heavy atom. The molecule has 31 heavy (non-hydrogen) atoms. The van der Waals surface area contributed by atoms with Crippen LogP contribution in [0.1, 0.15) is 16.7 Å². The van der Waals surface area contributed by atoms with Gasteiger partial charge in [0.15, 0.2) is 0 Å². The van der Waals surface area contributed by atoms with Crippen LogP contribution < -0.4 is 10.6 Å². The predicted molar refractivity (Wildman–Crippen MR) is 121 cm³/mol. The van der Waals surface area contributed by atoms with Crippen LogP contribution in [0.5, 0.6) is 0 Å². The zero-order valence-corrected chi connectivity index (χ0v) is 17.1. The zero-order valence-electron chi connectivity index (χ0n) is 17.1. The Kier molecular flexibility index (Phi) is 6.57. The van der Waals surface area contributed by atoms with Crippen molar-refractivity contribution in [3.8, 4) is 0 Å². The number of hydrogen-bond acceptors (Lipinski definition) is 4. The highest BCUT2D eigenvalue weighted by Gasteiger charge is 2.20. The summed E-state index contributed by atoms with van der Waals surface area (Å²) in [5, 5.41) is 16.6. The van der Waals surface area contributed by atoms with Crippen LogP contribution in [0.3, 0.4) is 0 Å². The van der Waals surface area contributed by atoms with Crippen LogP contribution in [0.15, 0.2) is 78.4 Å². The largest absolute Gasteiger partial charge is 0.322 e. The van der Waals surface area contributed by atoms with Gasteiger partial charge in [0.25, 0.3) is 17.5 Å². The highest BCUT2D eigenvalue weighted by atomic mass is 16.6. The first-order valence-electron chi connectivity index (χ1n) is 9.55. The van der Waals surface area contributed by atoms with Crippen LogP contribution in [-0.2, 0) is 9.59 Å². The van der Waals surface area contributed by atoms with Gasteiger partial charge in [0.1, 0.15) is 5.57 Å². The number of aryl methyl sites for hydroxylation is 2. The lowest BCUT2D eigenvalue weighted by Crippen LogP contribution is -2.25. The Balaban J connectivity index is 1.98. The second-order valence-corrected chi connectivity index (χ2v) is 6.95. The number of nitrogens with one attached hydrogen (secondary N) is 2. The standard InChI is InChI=1S/C24H21N3O4/c1-16-8-3-5-12-21(16)25-23(28)20(15-18-10-7-11-19(14-18)27(30)31)24(29)26-22-13-6-4-9-17(22)2/h3-15H,1-2H3,(H,25,28)(H,26,29). The summed E-state index contributed by atoms with van der Waals surface area (Å²) in [5.41, 5.74) is 2.87. The second-order valence-electron chi connectivity index (χ2n) is 6.95. The maximum atomic E-state index is 13.0. The Labute approximate surface area is 179 Å². The fourth-order valence-corrected chi connectivity index (χ4v) is 2.93. The van der Waals surface area contributed by atoms with Crippen LogP contribution in [0, 0.1) is 24.0 Å². The van der Waals surface area contributed by atoms with Crippen molar-refractivity contribution < 1.29 is 14.5 Å². The highest BCUT2D eigenvalue weighted by molar-refractivity contribution is 6.29. The number of rotatable bonds is 6. The van der Waals surface area contributed by atoms with Crippen molar-refractivity contribution in [1.29, 1.82) is 0 Å². The third-order valence-corrected chi connectivity index (χ3v) is 4.67. The van der Waals surface area contributed by atoms with E-state index >= 15 is 0 Å². The minimum Gasteiger partial charge on any atom is -0.322 e. The van der Waals surface area contributed by atoms with Crippen LogP contribution in [0.4, 0.5) is 17.1 Å². The molecule has 0 heterocycles. The van der Waals surface area contributed by atoms with Crippen molar-refractivity contribution in [2.24, 2.45) is 0 Å². The predicted octanol–water partition coefficient (Wildman–Crippen LogP) is 4.87. The van der Waals surface area contributed by atoms with Crippen molar-refractivity contribution in [3.05, 3.63) is 105 Å². The number of nitrogens with zero attached hydrogens (tertiary/aromatic N) is 1. The molecule has 0 spiro atoms. The van der Waals surface area contributed by atoms with Crippen LogP contribution >= 0.6 is 0 Å². The molecule has 2 amide bonds. The van der Waals surface area contributed by atoms with E-state index in [1.165, 1.54) is 24.3 Å². The number of carbonyl (C=O) groups excluding carboxylic acids is 2. The number of non-ortho nitro benzene ring substituents is 1. The first-order valence-corrected chi connectivity index (χ1v) is 9.55. The molecule has 3 rings (SSSR count). The molecular weight excluding hydrogens is 394 g/mol. The molecule has 7 nitrogen and oxygen atoms in total. The number of amides is 2. The van der Waals surface area contributed by atoms with Gasteiger partial charge in [0.05, 0.1) is 4.92 Å². The molecule has 0 aliphatic heterocycles. The number of nitro benzene ring substituents is 1. The molecule has 3 aromatic carbocycles. The number of hydrogen-bond donors (Lipinski definition) is 2. The van der Waals surface area contributed by atoms with Gasteiger partial charge < -0.3 is 10.6 Å². The van der Waals surface area contributed by atoms with E-state index in [0.717, 1.165) is 11.1 Å². The molecular formula is C24H21N3O4. The summed E-state index contributed by atoms with van der Waals surface area (Å²) in [7, 11) is 0. The van der Waals surface area contributed by atoms with Crippen molar-refractivity contribution in [2.45, 2.75) is 13.8 Å². The molecule has 0 unspecified atom stereocenters. The van der Waals surface area contributed by atoms with Crippen molar-refractivity contribution >= 4 is 35.0 Å². The number of carbonyl (C=O) groups is 2. The van der Waals surface area contributed by atoms with Gasteiger partial charge in [-0.2, -0.15) is 0 Å². The van der Waals surface area contributed by atoms with E-state index in [1.54, 1.807) is 30.3 Å². The molecule has 0 fully saturated rings. The second kappa shape index (κ2) is 9.49. The van der Waals surface area contributed by atoms with Gasteiger partial charge in [0, 0.05) is 23.5 Å². The molecule has 2 N–H and O–H groups in total. The summed E-state index contributed by atoms with van der Waals surface area (Å²) in [6.07, 6.45) is 1.34. The fraction of sp³-hybridized carbons (Fsp3) is 0.0833.